The van der Waals surface area contributed by atoms with E-state index in [4.69, 9.17) is 0 Å². The lowest BCUT2D eigenvalue weighted by molar-refractivity contribution is 0.459. The van der Waals surface area contributed by atoms with Crippen LogP contribution in [0.3, 0.4) is 0 Å². The van der Waals surface area contributed by atoms with Crippen LogP contribution in [0.5, 0.6) is 0 Å². The quantitative estimate of drug-likeness (QED) is 0.848. The third-order valence-electron chi connectivity index (χ3n) is 4.56. The van der Waals surface area contributed by atoms with E-state index in [0.29, 0.717) is 6.04 Å². The van der Waals surface area contributed by atoms with Gasteiger partial charge in [0.05, 0.1) is 0 Å². The summed E-state index contributed by atoms with van der Waals surface area (Å²) >= 11 is 0. The molecule has 0 radical (unpaired) electrons. The van der Waals surface area contributed by atoms with Crippen molar-refractivity contribution in [2.75, 3.05) is 6.54 Å². The number of rotatable bonds is 3. The fraction of sp³-hybridized carbons (Fsp3) is 0.647. The molecule has 2 aliphatic carbocycles. The van der Waals surface area contributed by atoms with Gasteiger partial charge in [0.2, 0.25) is 0 Å². The van der Waals surface area contributed by atoms with Gasteiger partial charge in [-0.05, 0) is 80.2 Å². The van der Waals surface area contributed by atoms with Gasteiger partial charge < -0.3 is 5.32 Å². The molecule has 0 saturated heterocycles. The summed E-state index contributed by atoms with van der Waals surface area (Å²) in [5, 5.41) is 3.73. The number of aryl methyl sites for hydroxylation is 3. The first-order valence-electron chi connectivity index (χ1n) is 7.76. The molecule has 1 aromatic carbocycles. The van der Waals surface area contributed by atoms with Crippen LogP contribution >= 0.6 is 0 Å². The maximum atomic E-state index is 3.73. The Bertz CT molecular complexity index is 422. The van der Waals surface area contributed by atoms with E-state index in [2.05, 4.69) is 24.4 Å². The van der Waals surface area contributed by atoms with E-state index in [-0.39, 0.29) is 0 Å². The molecular formula is C17H25N. The van der Waals surface area contributed by atoms with E-state index in [9.17, 15) is 0 Å². The van der Waals surface area contributed by atoms with Crippen molar-refractivity contribution in [1.29, 1.82) is 0 Å². The van der Waals surface area contributed by atoms with Crippen molar-refractivity contribution in [3.63, 3.8) is 0 Å². The summed E-state index contributed by atoms with van der Waals surface area (Å²) in [5.74, 6) is 0. The van der Waals surface area contributed by atoms with Crippen LogP contribution in [-0.4, -0.2) is 6.54 Å². The van der Waals surface area contributed by atoms with Gasteiger partial charge in [-0.1, -0.05) is 19.1 Å². The molecular weight excluding hydrogens is 218 g/mol. The van der Waals surface area contributed by atoms with Crippen molar-refractivity contribution >= 4 is 0 Å². The summed E-state index contributed by atoms with van der Waals surface area (Å²) in [4.78, 5) is 0. The first-order chi connectivity index (χ1) is 8.88. The number of benzene rings is 1. The molecule has 98 valence electrons. The van der Waals surface area contributed by atoms with Gasteiger partial charge in [0, 0.05) is 6.04 Å². The van der Waals surface area contributed by atoms with Gasteiger partial charge in [-0.2, -0.15) is 0 Å². The second kappa shape index (κ2) is 5.44. The summed E-state index contributed by atoms with van der Waals surface area (Å²) in [7, 11) is 0. The SMILES string of the molecule is CCCNC1CCCc2cc3c(cc21)CCCC3. The Balaban J connectivity index is 1.90. The van der Waals surface area contributed by atoms with Gasteiger partial charge in [-0.25, -0.2) is 0 Å². The van der Waals surface area contributed by atoms with Gasteiger partial charge in [0.25, 0.3) is 0 Å². The maximum absolute atomic E-state index is 3.73. The summed E-state index contributed by atoms with van der Waals surface area (Å²) in [6.45, 7) is 3.41. The topological polar surface area (TPSA) is 12.0 Å². The molecule has 18 heavy (non-hydrogen) atoms. The molecule has 1 N–H and O–H groups in total. The van der Waals surface area contributed by atoms with Crippen LogP contribution in [0.25, 0.3) is 0 Å². The molecule has 1 heteroatoms. The molecule has 0 spiro atoms. The third kappa shape index (κ3) is 2.33. The van der Waals surface area contributed by atoms with Gasteiger partial charge in [-0.3, -0.25) is 0 Å². The number of nitrogens with one attached hydrogen (secondary N) is 1. The fourth-order valence-electron chi connectivity index (χ4n) is 3.58. The lowest BCUT2D eigenvalue weighted by Gasteiger charge is -2.29. The van der Waals surface area contributed by atoms with Crippen molar-refractivity contribution in [3.05, 3.63) is 34.4 Å². The smallest absolute Gasteiger partial charge is 0.0323 e. The largest absolute Gasteiger partial charge is 0.310 e. The van der Waals surface area contributed by atoms with E-state index < -0.39 is 0 Å². The summed E-state index contributed by atoms with van der Waals surface area (Å²) in [6, 6.07) is 5.70. The summed E-state index contributed by atoms with van der Waals surface area (Å²) in [6.07, 6.45) is 10.6. The Labute approximate surface area is 111 Å². The molecule has 2 aliphatic rings. The molecule has 0 bridgehead atoms. The van der Waals surface area contributed by atoms with Gasteiger partial charge in [0.1, 0.15) is 0 Å². The van der Waals surface area contributed by atoms with Crippen molar-refractivity contribution in [2.24, 2.45) is 0 Å². The van der Waals surface area contributed by atoms with Crippen molar-refractivity contribution in [2.45, 2.75) is 64.3 Å². The zero-order valence-corrected chi connectivity index (χ0v) is 11.6. The van der Waals surface area contributed by atoms with Gasteiger partial charge >= 0.3 is 0 Å². The standard InChI is InChI=1S/C17H25N/c1-2-10-18-17-9-5-8-15-11-13-6-3-4-7-14(13)12-16(15)17/h11-12,17-18H,2-10H2,1H3. The lowest BCUT2D eigenvalue weighted by Crippen LogP contribution is -2.26. The Morgan fingerprint density at radius 2 is 1.72 bits per heavy atom. The molecule has 1 aromatic rings. The van der Waals surface area contributed by atoms with Crippen LogP contribution in [0.1, 0.15) is 67.3 Å². The zero-order chi connectivity index (χ0) is 12.4. The summed E-state index contributed by atoms with van der Waals surface area (Å²) in [5.41, 5.74) is 6.55. The van der Waals surface area contributed by atoms with Crippen LogP contribution in [0.4, 0.5) is 0 Å². The molecule has 0 heterocycles. The second-order valence-corrected chi connectivity index (χ2v) is 5.93. The minimum Gasteiger partial charge on any atom is -0.310 e. The predicted octanol–water partition coefficient (Wildman–Crippen LogP) is 3.94. The molecule has 3 rings (SSSR count). The first-order valence-corrected chi connectivity index (χ1v) is 7.76. The molecule has 0 amide bonds. The van der Waals surface area contributed by atoms with Gasteiger partial charge in [0.15, 0.2) is 0 Å². The highest BCUT2D eigenvalue weighted by atomic mass is 14.9. The molecule has 1 unspecified atom stereocenters. The van der Waals surface area contributed by atoms with Crippen LogP contribution in [0.2, 0.25) is 0 Å². The Kier molecular flexibility index (Phi) is 3.69. The average Bonchev–Trinajstić information content (AvgIpc) is 2.43. The first kappa shape index (κ1) is 12.2. The molecule has 0 fully saturated rings. The van der Waals surface area contributed by atoms with E-state index in [1.54, 1.807) is 22.3 Å². The molecule has 1 atom stereocenters. The maximum Gasteiger partial charge on any atom is 0.0323 e. The van der Waals surface area contributed by atoms with E-state index in [1.165, 1.54) is 51.4 Å². The Hall–Kier alpha value is -0.820. The fourth-order valence-corrected chi connectivity index (χ4v) is 3.58. The van der Waals surface area contributed by atoms with Crippen LogP contribution in [-0.2, 0) is 19.3 Å². The highest BCUT2D eigenvalue weighted by molar-refractivity contribution is 5.42. The lowest BCUT2D eigenvalue weighted by atomic mass is 9.81. The summed E-state index contributed by atoms with van der Waals surface area (Å²) < 4.78 is 0. The highest BCUT2D eigenvalue weighted by Gasteiger charge is 2.22. The molecule has 0 saturated carbocycles. The van der Waals surface area contributed by atoms with E-state index in [1.807, 2.05) is 0 Å². The predicted molar refractivity (Wildman–Crippen MR) is 77.1 cm³/mol. The molecule has 0 aliphatic heterocycles. The van der Waals surface area contributed by atoms with E-state index >= 15 is 0 Å². The van der Waals surface area contributed by atoms with Crippen molar-refractivity contribution < 1.29 is 0 Å². The Morgan fingerprint density at radius 3 is 2.50 bits per heavy atom. The van der Waals surface area contributed by atoms with Crippen LogP contribution in [0, 0.1) is 0 Å². The Morgan fingerprint density at radius 1 is 1.00 bits per heavy atom. The zero-order valence-electron chi connectivity index (χ0n) is 11.6. The minimum absolute atomic E-state index is 0.626. The number of hydrogen-bond donors (Lipinski definition) is 1. The van der Waals surface area contributed by atoms with Crippen molar-refractivity contribution in [3.8, 4) is 0 Å². The molecule has 1 nitrogen and oxygen atoms in total. The third-order valence-corrected chi connectivity index (χ3v) is 4.56. The minimum atomic E-state index is 0.626. The normalized spacial score (nSPS) is 22.4. The average molecular weight is 243 g/mol. The van der Waals surface area contributed by atoms with Crippen LogP contribution in [0.15, 0.2) is 12.1 Å². The number of fused-ring (bicyclic) bond motifs is 2. The monoisotopic (exact) mass is 243 g/mol. The van der Waals surface area contributed by atoms with Gasteiger partial charge in [-0.15, -0.1) is 0 Å². The highest BCUT2D eigenvalue weighted by Crippen LogP contribution is 2.34. The molecule has 0 aromatic heterocycles. The number of hydrogen-bond acceptors (Lipinski definition) is 1. The van der Waals surface area contributed by atoms with E-state index in [0.717, 1.165) is 6.54 Å². The van der Waals surface area contributed by atoms with Crippen LogP contribution < -0.4 is 5.32 Å². The second-order valence-electron chi connectivity index (χ2n) is 5.93. The van der Waals surface area contributed by atoms with Crippen molar-refractivity contribution in [1.82, 2.24) is 5.32 Å².